The molecule has 0 spiro atoms. The van der Waals surface area contributed by atoms with E-state index < -0.39 is 11.7 Å². The van der Waals surface area contributed by atoms with Crippen molar-refractivity contribution in [3.8, 4) is 0 Å². The summed E-state index contributed by atoms with van der Waals surface area (Å²) in [5.74, 6) is -0.0702. The van der Waals surface area contributed by atoms with Crippen molar-refractivity contribution in [2.45, 2.75) is 45.2 Å². The van der Waals surface area contributed by atoms with Gasteiger partial charge in [0.25, 0.3) is 5.91 Å². The maximum Gasteiger partial charge on any atom is 0.416 e. The van der Waals surface area contributed by atoms with Crippen LogP contribution < -0.4 is 5.32 Å². The van der Waals surface area contributed by atoms with Crippen molar-refractivity contribution in [2.24, 2.45) is 0 Å². The zero-order valence-corrected chi connectivity index (χ0v) is 20.6. The van der Waals surface area contributed by atoms with E-state index in [0.717, 1.165) is 23.3 Å². The fourth-order valence-corrected chi connectivity index (χ4v) is 4.11. The normalized spacial score (nSPS) is 13.4. The third kappa shape index (κ3) is 6.86. The van der Waals surface area contributed by atoms with E-state index in [1.807, 2.05) is 79.4 Å². The third-order valence-electron chi connectivity index (χ3n) is 6.24. The van der Waals surface area contributed by atoms with Crippen LogP contribution >= 0.6 is 0 Å². The molecule has 8 heteroatoms. The van der Waals surface area contributed by atoms with Crippen LogP contribution in [0.25, 0.3) is 0 Å². The number of nitrogens with zero attached hydrogens (tertiary/aromatic N) is 2. The van der Waals surface area contributed by atoms with Crippen molar-refractivity contribution in [1.82, 2.24) is 15.2 Å². The fraction of sp³-hybridized carbons (Fsp3) is 0.241. The van der Waals surface area contributed by atoms with Gasteiger partial charge in [0.1, 0.15) is 6.26 Å². The molecule has 1 amide bonds. The largest absolute Gasteiger partial charge is 0.447 e. The molecule has 4 rings (SSSR count). The molecule has 0 radical (unpaired) electrons. The second-order valence-electron chi connectivity index (χ2n) is 8.92. The van der Waals surface area contributed by atoms with E-state index in [1.54, 1.807) is 6.07 Å². The van der Waals surface area contributed by atoms with E-state index in [0.29, 0.717) is 11.5 Å². The van der Waals surface area contributed by atoms with Gasteiger partial charge < -0.3 is 9.73 Å². The number of amides is 1. The van der Waals surface area contributed by atoms with Gasteiger partial charge in [-0.25, -0.2) is 4.98 Å². The van der Waals surface area contributed by atoms with Gasteiger partial charge in [0.2, 0.25) is 5.89 Å². The highest BCUT2D eigenvalue weighted by Gasteiger charge is 2.30. The smallest absolute Gasteiger partial charge is 0.416 e. The van der Waals surface area contributed by atoms with Gasteiger partial charge in [-0.05, 0) is 36.6 Å². The Morgan fingerprint density at radius 2 is 1.57 bits per heavy atom. The first-order valence-corrected chi connectivity index (χ1v) is 12.0. The number of carbonyl (C=O) groups excluding carboxylic acids is 1. The summed E-state index contributed by atoms with van der Waals surface area (Å²) >= 11 is 0. The highest BCUT2D eigenvalue weighted by molar-refractivity contribution is 5.92. The summed E-state index contributed by atoms with van der Waals surface area (Å²) in [7, 11) is 0. The van der Waals surface area contributed by atoms with Gasteiger partial charge in [0.05, 0.1) is 18.2 Å². The molecule has 0 saturated carbocycles. The van der Waals surface area contributed by atoms with Gasteiger partial charge >= 0.3 is 6.18 Å². The third-order valence-corrected chi connectivity index (χ3v) is 6.24. The van der Waals surface area contributed by atoms with Crippen molar-refractivity contribution in [3.05, 3.63) is 125 Å². The molecule has 5 nitrogen and oxygen atoms in total. The van der Waals surface area contributed by atoms with Gasteiger partial charge in [0.15, 0.2) is 5.69 Å². The zero-order chi connectivity index (χ0) is 26.4. The molecule has 4 aromatic rings. The summed E-state index contributed by atoms with van der Waals surface area (Å²) in [5, 5.41) is 2.91. The lowest BCUT2D eigenvalue weighted by Gasteiger charge is -2.28. The standard InChI is InChI=1S/C29H28F3N3O2/c1-20(23-11-5-3-6-12-23)33-28(36)26-19-37-27(34-26)18-35(21(2)24-13-7-4-8-14-24)17-22-10-9-15-25(16-22)29(30,31)32/h3-16,19-21H,17-18H2,1-2H3,(H,33,36)/t20-,21-/m0/s1. The molecule has 2 atom stereocenters. The minimum atomic E-state index is -4.42. The molecule has 37 heavy (non-hydrogen) atoms. The summed E-state index contributed by atoms with van der Waals surface area (Å²) in [6, 6.07) is 24.1. The van der Waals surface area contributed by atoms with Gasteiger partial charge in [-0.15, -0.1) is 0 Å². The van der Waals surface area contributed by atoms with Crippen LogP contribution in [0.5, 0.6) is 0 Å². The Kier molecular flexibility index (Phi) is 8.08. The summed E-state index contributed by atoms with van der Waals surface area (Å²) in [4.78, 5) is 19.1. The molecule has 0 aliphatic heterocycles. The first-order chi connectivity index (χ1) is 17.7. The van der Waals surface area contributed by atoms with Gasteiger partial charge in [-0.1, -0.05) is 78.9 Å². The van der Waals surface area contributed by atoms with Crippen LogP contribution in [0.4, 0.5) is 13.2 Å². The summed E-state index contributed by atoms with van der Waals surface area (Å²) in [6.45, 7) is 4.29. The van der Waals surface area contributed by atoms with Crippen LogP contribution in [-0.2, 0) is 19.3 Å². The quantitative estimate of drug-likeness (QED) is 0.266. The van der Waals surface area contributed by atoms with Crippen molar-refractivity contribution in [3.63, 3.8) is 0 Å². The van der Waals surface area contributed by atoms with Crippen molar-refractivity contribution >= 4 is 5.91 Å². The summed E-state index contributed by atoms with van der Waals surface area (Å²) in [6.07, 6.45) is -3.12. The number of benzene rings is 3. The minimum absolute atomic E-state index is 0.143. The summed E-state index contributed by atoms with van der Waals surface area (Å²) in [5.41, 5.74) is 1.92. The molecule has 1 aromatic heterocycles. The van der Waals surface area contributed by atoms with Crippen LogP contribution in [-0.4, -0.2) is 15.8 Å². The Morgan fingerprint density at radius 3 is 2.22 bits per heavy atom. The number of alkyl halides is 3. The van der Waals surface area contributed by atoms with E-state index in [4.69, 9.17) is 4.42 Å². The maximum atomic E-state index is 13.3. The number of hydrogen-bond donors (Lipinski definition) is 1. The van der Waals surface area contributed by atoms with Gasteiger partial charge in [-0.2, -0.15) is 13.2 Å². The second kappa shape index (κ2) is 11.4. The predicted molar refractivity (Wildman–Crippen MR) is 134 cm³/mol. The number of carbonyl (C=O) groups is 1. The van der Waals surface area contributed by atoms with E-state index >= 15 is 0 Å². The predicted octanol–water partition coefficient (Wildman–Crippen LogP) is 6.95. The van der Waals surface area contributed by atoms with E-state index in [2.05, 4.69) is 10.3 Å². The number of rotatable bonds is 9. The maximum absolute atomic E-state index is 13.3. The topological polar surface area (TPSA) is 58.4 Å². The van der Waals surface area contributed by atoms with Crippen LogP contribution in [0.2, 0.25) is 0 Å². The molecule has 1 heterocycles. The number of halogens is 3. The lowest BCUT2D eigenvalue weighted by Crippen LogP contribution is -2.28. The van der Waals surface area contributed by atoms with Crippen LogP contribution in [0.15, 0.2) is 95.6 Å². The SMILES string of the molecule is C[C@H](NC(=O)c1coc(CN(Cc2cccc(C(F)(F)F)c2)[C@@H](C)c2ccccc2)n1)c1ccccc1. The Hall–Kier alpha value is -3.91. The molecule has 0 saturated heterocycles. The molecule has 0 bridgehead atoms. The number of oxazole rings is 1. The van der Waals surface area contributed by atoms with Crippen LogP contribution in [0.3, 0.4) is 0 Å². The molecular weight excluding hydrogens is 479 g/mol. The first kappa shape index (κ1) is 26.2. The van der Waals surface area contributed by atoms with Gasteiger partial charge in [-0.3, -0.25) is 9.69 Å². The van der Waals surface area contributed by atoms with Crippen LogP contribution in [0.1, 0.15) is 64.6 Å². The Labute approximate surface area is 214 Å². The van der Waals surface area contributed by atoms with E-state index in [9.17, 15) is 18.0 Å². The highest BCUT2D eigenvalue weighted by atomic mass is 19.4. The summed E-state index contributed by atoms with van der Waals surface area (Å²) < 4.78 is 45.4. The molecule has 3 aromatic carbocycles. The molecular formula is C29H28F3N3O2. The molecule has 0 aliphatic carbocycles. The van der Waals surface area contributed by atoms with E-state index in [-0.39, 0.29) is 36.8 Å². The Balaban J connectivity index is 1.52. The van der Waals surface area contributed by atoms with Gasteiger partial charge in [0, 0.05) is 12.6 Å². The highest BCUT2D eigenvalue weighted by Crippen LogP contribution is 2.31. The molecule has 0 fully saturated rings. The molecule has 0 aliphatic rings. The Bertz CT molecular complexity index is 1310. The average molecular weight is 508 g/mol. The monoisotopic (exact) mass is 507 g/mol. The minimum Gasteiger partial charge on any atom is -0.447 e. The Morgan fingerprint density at radius 1 is 0.919 bits per heavy atom. The molecule has 1 N–H and O–H groups in total. The number of aromatic nitrogens is 1. The lowest BCUT2D eigenvalue weighted by atomic mass is 10.0. The fourth-order valence-electron chi connectivity index (χ4n) is 4.11. The number of nitrogens with one attached hydrogen (secondary N) is 1. The average Bonchev–Trinajstić information content (AvgIpc) is 3.37. The second-order valence-corrected chi connectivity index (χ2v) is 8.92. The lowest BCUT2D eigenvalue weighted by molar-refractivity contribution is -0.137. The van der Waals surface area contributed by atoms with E-state index in [1.165, 1.54) is 12.3 Å². The zero-order valence-electron chi connectivity index (χ0n) is 20.6. The molecule has 0 unspecified atom stereocenters. The first-order valence-electron chi connectivity index (χ1n) is 12.0. The number of hydrogen-bond acceptors (Lipinski definition) is 4. The molecule has 192 valence electrons. The van der Waals surface area contributed by atoms with Crippen molar-refractivity contribution < 1.29 is 22.4 Å². The van der Waals surface area contributed by atoms with Crippen LogP contribution in [0, 0.1) is 0 Å². The van der Waals surface area contributed by atoms with Crippen molar-refractivity contribution in [1.29, 1.82) is 0 Å². The van der Waals surface area contributed by atoms with Crippen molar-refractivity contribution in [2.75, 3.05) is 0 Å².